The Balaban J connectivity index is 1.63. The summed E-state index contributed by atoms with van der Waals surface area (Å²) in [4.78, 5) is 59.0. The number of unbranched alkanes of at least 4 members (excludes halogenated alkanes) is 1. The predicted octanol–water partition coefficient (Wildman–Crippen LogP) is 2.29. The molecule has 1 aromatic carbocycles. The molecule has 13 nitrogen and oxygen atoms in total. The lowest BCUT2D eigenvalue weighted by molar-refractivity contribution is -0.870. The second-order valence-corrected chi connectivity index (χ2v) is 13.3. The third-order valence-corrected chi connectivity index (χ3v) is 9.04. The van der Waals surface area contributed by atoms with Gasteiger partial charge in [0.15, 0.2) is 11.5 Å². The molecular formula is C32H50N5O8+. The van der Waals surface area contributed by atoms with Gasteiger partial charge in [0.2, 0.25) is 24.4 Å². The lowest BCUT2D eigenvalue weighted by atomic mass is 9.84. The van der Waals surface area contributed by atoms with E-state index in [4.69, 9.17) is 14.2 Å². The average molecular weight is 633 g/mol. The highest BCUT2D eigenvalue weighted by Crippen LogP contribution is 2.47. The first-order chi connectivity index (χ1) is 21.3. The fourth-order valence-electron chi connectivity index (χ4n) is 6.56. The largest absolute Gasteiger partial charge is 0.493 e. The summed E-state index contributed by atoms with van der Waals surface area (Å²) < 4.78 is 17.5. The van der Waals surface area contributed by atoms with Crippen molar-refractivity contribution in [2.75, 3.05) is 87.9 Å². The number of aliphatic carboxylic acids is 1. The third kappa shape index (κ3) is 8.18. The zero-order chi connectivity index (χ0) is 32.9. The highest BCUT2D eigenvalue weighted by Gasteiger charge is 2.48. The van der Waals surface area contributed by atoms with E-state index in [1.807, 2.05) is 9.80 Å². The molecular weight excluding hydrogens is 582 g/mol. The summed E-state index contributed by atoms with van der Waals surface area (Å²) in [5, 5.41) is 10.6. The quantitative estimate of drug-likeness (QED) is 0.290. The lowest BCUT2D eigenvalue weighted by Crippen LogP contribution is -2.52. The molecule has 2 fully saturated rings. The molecule has 3 heterocycles. The van der Waals surface area contributed by atoms with Crippen LogP contribution in [0.15, 0.2) is 12.1 Å². The van der Waals surface area contributed by atoms with Crippen LogP contribution in [-0.2, 0) is 14.4 Å². The van der Waals surface area contributed by atoms with Gasteiger partial charge >= 0.3 is 12.0 Å². The summed E-state index contributed by atoms with van der Waals surface area (Å²) in [6.07, 6.45) is 3.13. The smallest absolute Gasteiger partial charge is 0.326 e. The van der Waals surface area contributed by atoms with Crippen molar-refractivity contribution in [3.05, 3.63) is 17.7 Å². The Labute approximate surface area is 266 Å². The summed E-state index contributed by atoms with van der Waals surface area (Å²) in [6.45, 7) is 5.09. The van der Waals surface area contributed by atoms with Crippen molar-refractivity contribution in [2.24, 2.45) is 5.92 Å². The molecule has 13 heteroatoms. The van der Waals surface area contributed by atoms with Crippen LogP contribution in [0.25, 0.3) is 0 Å². The van der Waals surface area contributed by atoms with E-state index in [0.29, 0.717) is 49.0 Å². The number of hydrogen-bond donors (Lipinski definition) is 1. The average Bonchev–Trinajstić information content (AvgIpc) is 3.60. The van der Waals surface area contributed by atoms with Gasteiger partial charge < -0.3 is 33.6 Å². The summed E-state index contributed by atoms with van der Waals surface area (Å²) in [5.41, 5.74) is 0.707. The fourth-order valence-corrected chi connectivity index (χ4v) is 6.56. The van der Waals surface area contributed by atoms with Crippen LogP contribution in [0.1, 0.15) is 50.5 Å². The number of ether oxygens (including phenoxy) is 3. The number of likely N-dealkylation sites (tertiary alicyclic amines) is 1. The van der Waals surface area contributed by atoms with Crippen molar-refractivity contribution in [1.82, 2.24) is 19.6 Å². The van der Waals surface area contributed by atoms with E-state index in [0.717, 1.165) is 30.3 Å². The summed E-state index contributed by atoms with van der Waals surface area (Å²) in [5.74, 6) is -1.32. The predicted molar refractivity (Wildman–Crippen MR) is 166 cm³/mol. The van der Waals surface area contributed by atoms with Crippen molar-refractivity contribution < 1.29 is 43.0 Å². The Kier molecular flexibility index (Phi) is 11.2. The summed E-state index contributed by atoms with van der Waals surface area (Å²) in [7, 11) is 9.54. The molecule has 0 saturated carbocycles. The first-order valence-corrected chi connectivity index (χ1v) is 15.9. The number of hydrogen-bond acceptors (Lipinski definition) is 8. The zero-order valence-electron chi connectivity index (χ0n) is 27.6. The number of imide groups is 1. The summed E-state index contributed by atoms with van der Waals surface area (Å²) >= 11 is 0. The molecule has 3 aliphatic rings. The van der Waals surface area contributed by atoms with Crippen LogP contribution in [0.3, 0.4) is 0 Å². The minimum Gasteiger partial charge on any atom is -0.493 e. The van der Waals surface area contributed by atoms with Crippen molar-refractivity contribution in [1.29, 1.82) is 0 Å². The van der Waals surface area contributed by atoms with Crippen LogP contribution in [0.4, 0.5) is 4.79 Å². The number of benzene rings is 1. The van der Waals surface area contributed by atoms with Crippen molar-refractivity contribution in [3.63, 3.8) is 0 Å². The molecule has 4 amide bonds. The Morgan fingerprint density at radius 2 is 1.87 bits per heavy atom. The fraction of sp³-hybridized carbons (Fsp3) is 0.688. The summed E-state index contributed by atoms with van der Waals surface area (Å²) in [6, 6.07) is 2.58. The number of carbonyl (C=O) groups excluding carboxylic acids is 3. The van der Waals surface area contributed by atoms with E-state index < -0.39 is 29.9 Å². The maximum absolute atomic E-state index is 13.9. The van der Waals surface area contributed by atoms with Crippen molar-refractivity contribution in [2.45, 2.75) is 51.0 Å². The Bertz CT molecular complexity index is 1250. The molecule has 2 saturated heterocycles. The maximum atomic E-state index is 13.9. The van der Waals surface area contributed by atoms with Gasteiger partial charge in [-0.25, -0.2) is 4.79 Å². The van der Waals surface area contributed by atoms with Gasteiger partial charge in [0.25, 0.3) is 0 Å². The van der Waals surface area contributed by atoms with Gasteiger partial charge in [0, 0.05) is 64.6 Å². The first kappa shape index (κ1) is 34.3. The molecule has 0 aromatic heterocycles. The van der Waals surface area contributed by atoms with Gasteiger partial charge in [0.05, 0.1) is 47.3 Å². The number of urea groups is 1. The van der Waals surface area contributed by atoms with Crippen molar-refractivity contribution in [3.8, 4) is 17.2 Å². The molecule has 1 N–H and O–H groups in total. The minimum atomic E-state index is -1.00. The minimum absolute atomic E-state index is 0.0411. The molecule has 3 aliphatic heterocycles. The number of carboxylic acid groups (broad SMARTS) is 1. The number of carbonyl (C=O) groups is 4. The molecule has 0 spiro atoms. The Morgan fingerprint density at radius 3 is 2.53 bits per heavy atom. The third-order valence-electron chi connectivity index (χ3n) is 9.04. The Hall–Kier alpha value is -3.58. The monoisotopic (exact) mass is 632 g/mol. The van der Waals surface area contributed by atoms with Crippen LogP contribution in [0.5, 0.6) is 17.2 Å². The second-order valence-electron chi connectivity index (χ2n) is 13.3. The van der Waals surface area contributed by atoms with Gasteiger partial charge in [-0.3, -0.25) is 24.2 Å². The molecule has 1 aromatic rings. The molecule has 45 heavy (non-hydrogen) atoms. The first-order valence-electron chi connectivity index (χ1n) is 15.9. The number of nitrogens with zero attached hydrogens (tertiary/aromatic N) is 5. The van der Waals surface area contributed by atoms with E-state index in [-0.39, 0.29) is 44.5 Å². The van der Waals surface area contributed by atoms with Crippen LogP contribution in [0.2, 0.25) is 0 Å². The molecule has 1 unspecified atom stereocenters. The molecule has 3 atom stereocenters. The molecule has 250 valence electrons. The van der Waals surface area contributed by atoms with Gasteiger partial charge in [-0.15, -0.1) is 0 Å². The second kappa shape index (κ2) is 14.7. The van der Waals surface area contributed by atoms with Gasteiger partial charge in [-0.05, 0) is 30.5 Å². The molecule has 4 rings (SSSR count). The van der Waals surface area contributed by atoms with Crippen LogP contribution in [-0.4, -0.2) is 147 Å². The highest BCUT2D eigenvalue weighted by molar-refractivity contribution is 5.96. The number of rotatable bonds is 15. The SMILES string of the molecule is CCCCN(CCC[N+](C)(C)C)C(=O)CN1C[C@H](c2cc(OC)c3c(c2)OCO3)C(C(=O)O)[C@@H]1CCN1C(=O)CCN(C)C1=O. The molecule has 0 bridgehead atoms. The maximum Gasteiger partial charge on any atom is 0.326 e. The van der Waals surface area contributed by atoms with E-state index in [2.05, 4.69) is 28.1 Å². The standard InChI is InChI=1S/C32H49N5O8/c1-7-8-12-34(13-9-16-37(3,4)5)28(39)20-35-19-23(22-17-25(43-6)30-26(18-22)44-21-45-30)29(31(40)41)24(35)10-15-36-27(38)11-14-33(2)32(36)42/h17-18,23-24,29H,7-16,19-21H2,1-6H3/p+1/t23-,24+,29?/m1/s1. The number of fused-ring (bicyclic) bond motifs is 1. The van der Waals surface area contributed by atoms with E-state index in [1.165, 1.54) is 16.9 Å². The lowest BCUT2D eigenvalue weighted by Gasteiger charge is -2.34. The number of amides is 4. The van der Waals surface area contributed by atoms with Gasteiger partial charge in [0.1, 0.15) is 0 Å². The molecule has 0 aliphatic carbocycles. The van der Waals surface area contributed by atoms with Crippen LogP contribution in [0, 0.1) is 5.92 Å². The molecule has 0 radical (unpaired) electrons. The topological polar surface area (TPSA) is 129 Å². The van der Waals surface area contributed by atoms with E-state index in [9.17, 15) is 24.3 Å². The normalized spacial score (nSPS) is 21.9. The van der Waals surface area contributed by atoms with E-state index in [1.54, 1.807) is 19.2 Å². The van der Waals surface area contributed by atoms with E-state index >= 15 is 0 Å². The van der Waals surface area contributed by atoms with Crippen LogP contribution < -0.4 is 14.2 Å². The number of methoxy groups -OCH3 is 1. The zero-order valence-corrected chi connectivity index (χ0v) is 27.6. The van der Waals surface area contributed by atoms with Gasteiger partial charge in [-0.2, -0.15) is 0 Å². The number of carboxylic acids is 1. The number of quaternary nitrogens is 1. The van der Waals surface area contributed by atoms with Crippen molar-refractivity contribution >= 4 is 23.8 Å². The van der Waals surface area contributed by atoms with Gasteiger partial charge in [-0.1, -0.05) is 13.3 Å². The van der Waals surface area contributed by atoms with Crippen LogP contribution >= 0.6 is 0 Å². The Morgan fingerprint density at radius 1 is 1.13 bits per heavy atom. The highest BCUT2D eigenvalue weighted by atomic mass is 16.7.